The van der Waals surface area contributed by atoms with Crippen molar-refractivity contribution in [3.63, 3.8) is 0 Å². The summed E-state index contributed by atoms with van der Waals surface area (Å²) in [5, 5.41) is 13.4. The molecule has 1 N–H and O–H groups in total. The summed E-state index contributed by atoms with van der Waals surface area (Å²) in [5.41, 5.74) is -2.93. The summed E-state index contributed by atoms with van der Waals surface area (Å²) in [7, 11) is -5.84. The standard InChI is InChI=1S/C20H26OS.CHF3O3S/c1-3-7-15-9-10-17-16(8-4-2)14-19(21)20(18(17)13-15)22-11-5-6-12-22;2-1(3,4)8(5,6)7/h9-10,13-14H,3-8,11-12H2,1-2H3;(H,5,6,7). The first-order chi connectivity index (χ1) is 14.0. The molecule has 1 heterocycles. The van der Waals surface area contributed by atoms with Crippen molar-refractivity contribution in [2.24, 2.45) is 0 Å². The van der Waals surface area contributed by atoms with Gasteiger partial charge < -0.3 is 9.66 Å². The van der Waals surface area contributed by atoms with Gasteiger partial charge >= 0.3 is 5.51 Å². The first-order valence-corrected chi connectivity index (χ1v) is 12.9. The number of phenols is 1. The summed E-state index contributed by atoms with van der Waals surface area (Å²) in [6, 6.07) is 8.99. The molecule has 0 amide bonds. The van der Waals surface area contributed by atoms with Crippen LogP contribution in [0.25, 0.3) is 10.8 Å². The number of halogens is 3. The Morgan fingerprint density at radius 2 is 1.60 bits per heavy atom. The van der Waals surface area contributed by atoms with Gasteiger partial charge in [0.25, 0.3) is 0 Å². The van der Waals surface area contributed by atoms with Gasteiger partial charge in [-0.3, -0.25) is 0 Å². The van der Waals surface area contributed by atoms with E-state index in [0.717, 1.165) is 19.3 Å². The highest BCUT2D eigenvalue weighted by atomic mass is 32.2. The molecule has 1 aliphatic rings. The first kappa shape index (κ1) is 24.8. The number of phenolic OH excluding ortho intramolecular Hbond substituents is 1. The maximum Gasteiger partial charge on any atom is 0.485 e. The second kappa shape index (κ2) is 10.2. The van der Waals surface area contributed by atoms with Crippen LogP contribution in [0.15, 0.2) is 29.2 Å². The van der Waals surface area contributed by atoms with Gasteiger partial charge in [-0.05, 0) is 54.3 Å². The summed E-state index contributed by atoms with van der Waals surface area (Å²) in [4.78, 5) is 1.25. The Labute approximate surface area is 178 Å². The number of hydrogen-bond acceptors (Lipinski definition) is 4. The van der Waals surface area contributed by atoms with Gasteiger partial charge in [-0.1, -0.05) is 38.8 Å². The quantitative estimate of drug-likeness (QED) is 0.371. The fourth-order valence-corrected chi connectivity index (χ4v) is 6.14. The Kier molecular flexibility index (Phi) is 8.47. The number of rotatable bonds is 5. The average Bonchev–Trinajstić information content (AvgIpc) is 3.15. The fourth-order valence-electron chi connectivity index (χ4n) is 3.59. The van der Waals surface area contributed by atoms with Crippen LogP contribution in [0, 0.1) is 0 Å². The predicted molar refractivity (Wildman–Crippen MR) is 114 cm³/mol. The second-order valence-corrected chi connectivity index (χ2v) is 10.9. The van der Waals surface area contributed by atoms with Crippen LogP contribution in [-0.4, -0.2) is 35.1 Å². The molecule has 0 spiro atoms. The van der Waals surface area contributed by atoms with E-state index in [1.54, 1.807) is 0 Å². The summed E-state index contributed by atoms with van der Waals surface area (Å²) in [6.07, 6.45) is 7.10. The van der Waals surface area contributed by atoms with Crippen molar-refractivity contribution in [1.29, 1.82) is 0 Å². The number of aryl methyl sites for hydroxylation is 2. The molecular weight excluding hydrogens is 437 g/mol. The summed E-state index contributed by atoms with van der Waals surface area (Å²) in [6.45, 7) is 4.44. The molecular formula is C21H27F3O4S2. The molecule has 1 fully saturated rings. The van der Waals surface area contributed by atoms with Gasteiger partial charge in [-0.2, -0.15) is 13.2 Å². The molecule has 4 nitrogen and oxygen atoms in total. The van der Waals surface area contributed by atoms with Crippen molar-refractivity contribution in [2.75, 3.05) is 11.5 Å². The lowest BCUT2D eigenvalue weighted by Gasteiger charge is -2.13. The maximum atomic E-state index is 10.7. The molecule has 9 heteroatoms. The van der Waals surface area contributed by atoms with E-state index >= 15 is 0 Å². The maximum absolute atomic E-state index is 10.7. The van der Waals surface area contributed by atoms with E-state index in [9.17, 15) is 18.3 Å². The molecule has 1 saturated heterocycles. The highest BCUT2D eigenvalue weighted by Crippen LogP contribution is 2.39. The van der Waals surface area contributed by atoms with E-state index in [1.807, 2.05) is 6.07 Å². The Balaban J connectivity index is 0.000000343. The van der Waals surface area contributed by atoms with Gasteiger partial charge in [0.2, 0.25) is 4.90 Å². The third-order valence-corrected chi connectivity index (χ3v) is 8.02. The first-order valence-electron chi connectivity index (χ1n) is 9.96. The van der Waals surface area contributed by atoms with Crippen molar-refractivity contribution >= 4 is 31.8 Å². The van der Waals surface area contributed by atoms with Crippen LogP contribution >= 0.6 is 0 Å². The van der Waals surface area contributed by atoms with Gasteiger partial charge in [0.05, 0.1) is 0 Å². The second-order valence-electron chi connectivity index (χ2n) is 7.27. The summed E-state index contributed by atoms with van der Waals surface area (Å²) >= 11 is 0. The Morgan fingerprint density at radius 3 is 2.10 bits per heavy atom. The van der Waals surface area contributed by atoms with Crippen LogP contribution < -0.4 is 0 Å². The van der Waals surface area contributed by atoms with E-state index in [2.05, 4.69) is 32.0 Å². The number of benzene rings is 2. The molecule has 0 aliphatic carbocycles. The largest absolute Gasteiger partial charge is 0.741 e. The molecule has 0 aromatic heterocycles. The molecule has 168 valence electrons. The van der Waals surface area contributed by atoms with E-state index in [4.69, 9.17) is 13.0 Å². The van der Waals surface area contributed by atoms with Gasteiger partial charge in [0, 0.05) is 16.3 Å². The van der Waals surface area contributed by atoms with Crippen molar-refractivity contribution in [3.8, 4) is 5.75 Å². The minimum absolute atomic E-state index is 0.249. The normalized spacial score (nSPS) is 15.3. The number of hydrogen-bond donors (Lipinski definition) is 1. The number of alkyl halides is 3. The fraction of sp³-hybridized carbons (Fsp3) is 0.524. The van der Waals surface area contributed by atoms with Crippen LogP contribution in [0.3, 0.4) is 0 Å². The van der Waals surface area contributed by atoms with Gasteiger partial charge in [0.15, 0.2) is 15.9 Å². The zero-order valence-corrected chi connectivity index (χ0v) is 18.7. The predicted octanol–water partition coefficient (Wildman–Crippen LogP) is 5.27. The molecule has 0 saturated carbocycles. The SMILES string of the molecule is CCCc1ccc2c(CCC)cc(O)c([S+]3CCCC3)c2c1.O=S(=O)([O-])C(F)(F)F. The van der Waals surface area contributed by atoms with Gasteiger partial charge in [-0.25, -0.2) is 8.42 Å². The van der Waals surface area contributed by atoms with E-state index in [-0.39, 0.29) is 10.9 Å². The van der Waals surface area contributed by atoms with Gasteiger partial charge in [0.1, 0.15) is 11.5 Å². The van der Waals surface area contributed by atoms with Crippen LogP contribution in [0.4, 0.5) is 13.2 Å². The monoisotopic (exact) mass is 464 g/mol. The van der Waals surface area contributed by atoms with Gasteiger partial charge in [-0.15, -0.1) is 0 Å². The molecule has 1 aliphatic heterocycles. The highest BCUT2D eigenvalue weighted by Gasteiger charge is 2.37. The number of aromatic hydroxyl groups is 1. The van der Waals surface area contributed by atoms with Crippen molar-refractivity contribution < 1.29 is 31.2 Å². The molecule has 30 heavy (non-hydrogen) atoms. The molecule has 0 atom stereocenters. The third-order valence-electron chi connectivity index (χ3n) is 4.88. The van der Waals surface area contributed by atoms with Crippen LogP contribution in [0.1, 0.15) is 50.7 Å². The van der Waals surface area contributed by atoms with E-state index < -0.39 is 15.6 Å². The number of fused-ring (bicyclic) bond motifs is 1. The minimum Gasteiger partial charge on any atom is -0.741 e. The van der Waals surface area contributed by atoms with Crippen molar-refractivity contribution in [1.82, 2.24) is 0 Å². The topological polar surface area (TPSA) is 77.4 Å². The van der Waals surface area contributed by atoms with Crippen molar-refractivity contribution in [3.05, 3.63) is 35.4 Å². The van der Waals surface area contributed by atoms with Crippen LogP contribution in [0.2, 0.25) is 0 Å². The average molecular weight is 465 g/mol. The Morgan fingerprint density at radius 1 is 1.03 bits per heavy atom. The zero-order chi connectivity index (χ0) is 22.5. The zero-order valence-electron chi connectivity index (χ0n) is 17.1. The minimum atomic E-state index is -6.09. The summed E-state index contributed by atoms with van der Waals surface area (Å²) in [5.74, 6) is 3.07. The Hall–Kier alpha value is -1.45. The lowest BCUT2D eigenvalue weighted by atomic mass is 9.97. The van der Waals surface area contributed by atoms with Crippen molar-refractivity contribution in [2.45, 2.75) is 62.8 Å². The molecule has 0 radical (unpaired) electrons. The molecule has 0 bridgehead atoms. The van der Waals surface area contributed by atoms with Crippen LogP contribution in [-0.2, 0) is 33.9 Å². The third kappa shape index (κ3) is 6.04. The van der Waals surface area contributed by atoms with Crippen LogP contribution in [0.5, 0.6) is 5.75 Å². The Bertz CT molecular complexity index is 966. The smallest absolute Gasteiger partial charge is 0.485 e. The summed E-state index contributed by atoms with van der Waals surface area (Å²) < 4.78 is 58.9. The molecule has 2 aromatic rings. The molecule has 2 aromatic carbocycles. The van der Waals surface area contributed by atoms with E-state index in [0.29, 0.717) is 5.75 Å². The lowest BCUT2D eigenvalue weighted by molar-refractivity contribution is -0.0517. The molecule has 3 rings (SSSR count). The van der Waals surface area contributed by atoms with E-state index in [1.165, 1.54) is 57.6 Å². The molecule has 0 unspecified atom stereocenters. The lowest BCUT2D eigenvalue weighted by Crippen LogP contribution is -2.21. The highest BCUT2D eigenvalue weighted by molar-refractivity contribution is 7.97.